The van der Waals surface area contributed by atoms with Gasteiger partial charge in [-0.2, -0.15) is 35.1 Å². The molecular weight excluding hydrogens is 384 g/mol. The maximum Gasteiger partial charge on any atom is 0.388 e. The summed E-state index contributed by atoms with van der Waals surface area (Å²) < 4.78 is 115. The molecule has 0 atom stereocenters. The number of carbonyl (C=O) groups is 2. The fourth-order valence-electron chi connectivity index (χ4n) is 1.20. The third kappa shape index (κ3) is 4.33. The van der Waals surface area contributed by atoms with Crippen molar-refractivity contribution in [1.29, 1.82) is 0 Å². The van der Waals surface area contributed by atoms with Crippen LogP contribution in [0.25, 0.3) is 0 Å². The number of hydrogen-bond donors (Lipinski definition) is 0. The molecule has 0 saturated carbocycles. The largest absolute Gasteiger partial charge is 0.415 e. The summed E-state index contributed by atoms with van der Waals surface area (Å²) in [5.41, 5.74) is -1.32. The normalized spacial score (nSPS) is 13.4. The highest BCUT2D eigenvalue weighted by Gasteiger charge is 2.82. The Morgan fingerprint density at radius 3 is 1.31 bits per heavy atom. The summed E-state index contributed by atoms with van der Waals surface area (Å²) in [6, 6.07) is 0. The van der Waals surface area contributed by atoms with Gasteiger partial charge >= 0.3 is 41.9 Å². The maximum absolute atomic E-state index is 14.0. The van der Waals surface area contributed by atoms with E-state index in [2.05, 4.69) is 22.6 Å². The van der Waals surface area contributed by atoms with E-state index < -0.39 is 60.0 Å². The zero-order valence-corrected chi connectivity index (χ0v) is 13.6. The quantitative estimate of drug-likeness (QED) is 0.267. The molecule has 0 bridgehead atoms. The molecule has 0 unspecified atom stereocenters. The molecule has 0 rings (SSSR count). The van der Waals surface area contributed by atoms with Gasteiger partial charge in [0, 0.05) is 18.1 Å². The molecule has 12 heteroatoms. The van der Waals surface area contributed by atoms with Crippen LogP contribution in [0.1, 0.15) is 20.8 Å². The van der Waals surface area contributed by atoms with Gasteiger partial charge in [-0.25, -0.2) is 9.59 Å². The second-order valence-corrected chi connectivity index (χ2v) is 5.36. The topological polar surface area (TPSA) is 52.6 Å². The first-order valence-electron chi connectivity index (χ1n) is 6.55. The zero-order valence-electron chi connectivity index (χ0n) is 13.6. The maximum atomic E-state index is 14.0. The molecule has 0 heterocycles. The Hall–Kier alpha value is -2.14. The first-order valence-corrected chi connectivity index (χ1v) is 6.55. The highest BCUT2D eigenvalue weighted by atomic mass is 19.4. The van der Waals surface area contributed by atoms with Crippen molar-refractivity contribution in [3.63, 3.8) is 0 Å². The van der Waals surface area contributed by atoms with Gasteiger partial charge in [-0.05, 0) is 13.8 Å². The van der Waals surface area contributed by atoms with Crippen LogP contribution in [0.15, 0.2) is 24.3 Å². The molecule has 0 aromatic carbocycles. The predicted molar refractivity (Wildman–Crippen MR) is 71.1 cm³/mol. The summed E-state index contributed by atoms with van der Waals surface area (Å²) in [5.74, 6) is -28.9. The van der Waals surface area contributed by atoms with Crippen molar-refractivity contribution in [2.75, 3.05) is 0 Å². The van der Waals surface area contributed by atoms with E-state index >= 15 is 0 Å². The highest BCUT2D eigenvalue weighted by molar-refractivity contribution is 5.88. The molecule has 0 N–H and O–H groups in total. The number of ether oxygens (including phenoxy) is 2. The lowest BCUT2D eigenvalue weighted by Gasteiger charge is -2.37. The van der Waals surface area contributed by atoms with Crippen LogP contribution in [-0.4, -0.2) is 41.9 Å². The van der Waals surface area contributed by atoms with E-state index in [9.17, 15) is 44.7 Å². The molecular formula is C14H14F8O4. The molecule has 0 amide bonds. The second kappa shape index (κ2) is 7.23. The van der Waals surface area contributed by atoms with Crippen LogP contribution in [0.5, 0.6) is 0 Å². The molecule has 4 nitrogen and oxygen atoms in total. The fraction of sp³-hybridized carbons (Fsp3) is 0.571. The van der Waals surface area contributed by atoms with Gasteiger partial charge in [0.15, 0.2) is 0 Å². The summed E-state index contributed by atoms with van der Waals surface area (Å²) in [5, 5.41) is 0. The minimum absolute atomic E-state index is 0.659. The smallest absolute Gasteiger partial charge is 0.388 e. The first-order chi connectivity index (χ1) is 11.3. The minimum atomic E-state index is -6.78. The van der Waals surface area contributed by atoms with Crippen molar-refractivity contribution in [2.24, 2.45) is 0 Å². The Bertz CT molecular complexity index is 579. The molecule has 0 aliphatic rings. The molecule has 150 valence electrons. The Balaban J connectivity index is 6.17. The van der Waals surface area contributed by atoms with Crippen LogP contribution in [0, 0.1) is 0 Å². The second-order valence-electron chi connectivity index (χ2n) is 5.36. The number of hydrogen-bond acceptors (Lipinski definition) is 4. The SMILES string of the molecule is C=C(C)C(=O)OC(OC(=O)C(=C)C)C(F)(F)C(F)(F)C(F)(F)C(C)(F)F. The molecule has 26 heavy (non-hydrogen) atoms. The zero-order chi connectivity index (χ0) is 21.3. The van der Waals surface area contributed by atoms with Gasteiger partial charge in [-0.3, -0.25) is 0 Å². The molecule has 0 radical (unpaired) electrons. The van der Waals surface area contributed by atoms with Crippen molar-refractivity contribution >= 4 is 11.9 Å². The van der Waals surface area contributed by atoms with E-state index in [4.69, 9.17) is 0 Å². The van der Waals surface area contributed by atoms with E-state index in [0.717, 1.165) is 13.8 Å². The van der Waals surface area contributed by atoms with Gasteiger partial charge in [0.05, 0.1) is 0 Å². The molecule has 0 fully saturated rings. The van der Waals surface area contributed by atoms with Crippen LogP contribution >= 0.6 is 0 Å². The van der Waals surface area contributed by atoms with Crippen LogP contribution in [-0.2, 0) is 19.1 Å². The molecule has 0 aliphatic heterocycles. The number of alkyl halides is 8. The lowest BCUT2D eigenvalue weighted by atomic mass is 9.99. The number of halogens is 8. The Morgan fingerprint density at radius 1 is 0.769 bits per heavy atom. The predicted octanol–water partition coefficient (Wildman–Crippen LogP) is 4.11. The Morgan fingerprint density at radius 2 is 1.08 bits per heavy atom. The van der Waals surface area contributed by atoms with E-state index in [-0.39, 0.29) is 0 Å². The lowest BCUT2D eigenvalue weighted by molar-refractivity contribution is -0.394. The molecule has 0 spiro atoms. The monoisotopic (exact) mass is 398 g/mol. The van der Waals surface area contributed by atoms with Gasteiger partial charge in [0.25, 0.3) is 0 Å². The average Bonchev–Trinajstić information content (AvgIpc) is 2.44. The summed E-state index contributed by atoms with van der Waals surface area (Å²) >= 11 is 0. The van der Waals surface area contributed by atoms with Gasteiger partial charge in [0.2, 0.25) is 0 Å². The van der Waals surface area contributed by atoms with Crippen LogP contribution in [0.3, 0.4) is 0 Å². The van der Waals surface area contributed by atoms with Gasteiger partial charge in [0.1, 0.15) is 0 Å². The van der Waals surface area contributed by atoms with Crippen LogP contribution in [0.2, 0.25) is 0 Å². The van der Waals surface area contributed by atoms with Gasteiger partial charge in [-0.15, -0.1) is 0 Å². The summed E-state index contributed by atoms with van der Waals surface area (Å²) in [6.07, 6.45) is -3.96. The molecule has 0 aliphatic carbocycles. The molecule has 0 aromatic heterocycles. The third-order valence-electron chi connectivity index (χ3n) is 2.79. The summed E-state index contributed by atoms with van der Waals surface area (Å²) in [7, 11) is 0. The average molecular weight is 398 g/mol. The van der Waals surface area contributed by atoms with Gasteiger partial charge < -0.3 is 9.47 Å². The Labute approximate surface area is 142 Å². The van der Waals surface area contributed by atoms with E-state index in [1.165, 1.54) is 0 Å². The van der Waals surface area contributed by atoms with Crippen molar-refractivity contribution in [1.82, 2.24) is 0 Å². The van der Waals surface area contributed by atoms with Crippen molar-refractivity contribution in [2.45, 2.75) is 50.8 Å². The van der Waals surface area contributed by atoms with Gasteiger partial charge in [-0.1, -0.05) is 13.2 Å². The van der Waals surface area contributed by atoms with E-state index in [1.807, 2.05) is 0 Å². The molecule has 0 saturated heterocycles. The Kier molecular flexibility index (Phi) is 6.64. The number of carbonyl (C=O) groups excluding carboxylic acids is 2. The lowest BCUT2D eigenvalue weighted by Crippen LogP contribution is -2.65. The number of esters is 2. The fourth-order valence-corrected chi connectivity index (χ4v) is 1.20. The van der Waals surface area contributed by atoms with Crippen LogP contribution < -0.4 is 0 Å². The summed E-state index contributed by atoms with van der Waals surface area (Å²) in [4.78, 5) is 22.6. The highest BCUT2D eigenvalue weighted by Crippen LogP contribution is 2.54. The van der Waals surface area contributed by atoms with E-state index in [0.29, 0.717) is 0 Å². The third-order valence-corrected chi connectivity index (χ3v) is 2.79. The van der Waals surface area contributed by atoms with Crippen molar-refractivity contribution in [3.05, 3.63) is 24.3 Å². The van der Waals surface area contributed by atoms with E-state index in [1.54, 1.807) is 0 Å². The minimum Gasteiger partial charge on any atom is -0.415 e. The molecule has 0 aromatic rings. The summed E-state index contributed by atoms with van der Waals surface area (Å²) in [6.45, 7) is 6.86. The van der Waals surface area contributed by atoms with Crippen molar-refractivity contribution < 1.29 is 54.2 Å². The first kappa shape index (κ1) is 23.9. The van der Waals surface area contributed by atoms with Crippen molar-refractivity contribution in [3.8, 4) is 0 Å². The standard InChI is InChI=1S/C14H14F8O4/c1-6(2)8(23)25-10(26-9(24)7(3)4)12(17,18)14(21,22)13(19,20)11(5,15)16/h10H,1,3H2,2,4-5H3. The number of rotatable bonds is 8. The van der Waals surface area contributed by atoms with Crippen LogP contribution in [0.4, 0.5) is 35.1 Å².